The van der Waals surface area contributed by atoms with Gasteiger partial charge >= 0.3 is 0 Å². The van der Waals surface area contributed by atoms with E-state index in [1.165, 1.54) is 11.8 Å². The summed E-state index contributed by atoms with van der Waals surface area (Å²) in [5.74, 6) is 0.614. The summed E-state index contributed by atoms with van der Waals surface area (Å²) in [5.41, 5.74) is 0. The van der Waals surface area contributed by atoms with Crippen LogP contribution in [-0.4, -0.2) is 45.6 Å². The molecule has 0 aromatic rings. The predicted molar refractivity (Wildman–Crippen MR) is 66.1 cm³/mol. The van der Waals surface area contributed by atoms with E-state index in [0.717, 1.165) is 0 Å². The molecule has 15 heavy (non-hydrogen) atoms. The zero-order valence-electron chi connectivity index (χ0n) is 10.4. The lowest BCUT2D eigenvalue weighted by Crippen LogP contribution is -2.43. The predicted octanol–water partition coefficient (Wildman–Crippen LogP) is 1.75. The summed E-state index contributed by atoms with van der Waals surface area (Å²) in [6.07, 6.45) is 0. The minimum atomic E-state index is 0.126. The van der Waals surface area contributed by atoms with Crippen molar-refractivity contribution in [1.82, 2.24) is 4.90 Å². The lowest BCUT2D eigenvalue weighted by atomic mass is 10.2. The minimum absolute atomic E-state index is 0.126. The SMILES string of the molecule is CC(CO)SCC(=O)N(C(C)C)C(C)C. The summed E-state index contributed by atoms with van der Waals surface area (Å²) < 4.78 is 0. The fourth-order valence-electron chi connectivity index (χ4n) is 1.51. The number of thioether (sulfide) groups is 1. The van der Waals surface area contributed by atoms with E-state index in [1.807, 2.05) is 39.5 Å². The first-order chi connectivity index (χ1) is 6.90. The highest BCUT2D eigenvalue weighted by Crippen LogP contribution is 2.13. The maximum Gasteiger partial charge on any atom is 0.233 e. The number of rotatable bonds is 6. The van der Waals surface area contributed by atoms with Gasteiger partial charge in [-0.2, -0.15) is 0 Å². The van der Waals surface area contributed by atoms with Crippen LogP contribution in [0.3, 0.4) is 0 Å². The van der Waals surface area contributed by atoms with Crippen molar-refractivity contribution >= 4 is 17.7 Å². The highest BCUT2D eigenvalue weighted by atomic mass is 32.2. The largest absolute Gasteiger partial charge is 0.395 e. The molecule has 0 radical (unpaired) electrons. The second-order valence-corrected chi connectivity index (χ2v) is 5.72. The van der Waals surface area contributed by atoms with Crippen LogP contribution in [0.4, 0.5) is 0 Å². The molecule has 1 atom stereocenters. The van der Waals surface area contributed by atoms with Crippen LogP contribution in [0.5, 0.6) is 0 Å². The van der Waals surface area contributed by atoms with E-state index in [2.05, 4.69) is 0 Å². The molecular formula is C11H23NO2S. The van der Waals surface area contributed by atoms with Crippen molar-refractivity contribution in [3.05, 3.63) is 0 Å². The summed E-state index contributed by atoms with van der Waals surface area (Å²) >= 11 is 1.51. The fourth-order valence-corrected chi connectivity index (χ4v) is 2.19. The van der Waals surface area contributed by atoms with Gasteiger partial charge in [0, 0.05) is 17.3 Å². The van der Waals surface area contributed by atoms with Gasteiger partial charge in [-0.15, -0.1) is 11.8 Å². The van der Waals surface area contributed by atoms with Gasteiger partial charge in [0.05, 0.1) is 12.4 Å². The molecule has 0 fully saturated rings. The highest BCUT2D eigenvalue weighted by molar-refractivity contribution is 8.00. The first-order valence-electron chi connectivity index (χ1n) is 5.43. The highest BCUT2D eigenvalue weighted by Gasteiger charge is 2.20. The third kappa shape index (κ3) is 5.42. The third-order valence-electron chi connectivity index (χ3n) is 2.15. The van der Waals surface area contributed by atoms with Crippen LogP contribution in [0, 0.1) is 0 Å². The van der Waals surface area contributed by atoms with E-state index in [-0.39, 0.29) is 29.8 Å². The molecule has 0 heterocycles. The lowest BCUT2D eigenvalue weighted by molar-refractivity contribution is -0.131. The number of carbonyl (C=O) groups excluding carboxylic acids is 1. The van der Waals surface area contributed by atoms with Crippen molar-refractivity contribution in [2.75, 3.05) is 12.4 Å². The Balaban J connectivity index is 4.16. The second-order valence-electron chi connectivity index (χ2n) is 4.29. The quantitative estimate of drug-likeness (QED) is 0.760. The zero-order chi connectivity index (χ0) is 12.0. The number of carbonyl (C=O) groups is 1. The summed E-state index contributed by atoms with van der Waals surface area (Å²) in [4.78, 5) is 13.8. The molecule has 0 aromatic heterocycles. The number of hydrogen-bond acceptors (Lipinski definition) is 3. The molecule has 0 spiro atoms. The Bertz CT molecular complexity index is 187. The van der Waals surface area contributed by atoms with Crippen LogP contribution in [0.15, 0.2) is 0 Å². The maximum absolute atomic E-state index is 11.9. The Morgan fingerprint density at radius 2 is 1.67 bits per heavy atom. The average Bonchev–Trinajstić information content (AvgIpc) is 2.12. The van der Waals surface area contributed by atoms with Gasteiger partial charge in [0.25, 0.3) is 0 Å². The summed E-state index contributed by atoms with van der Waals surface area (Å²) in [5, 5.41) is 8.99. The summed E-state index contributed by atoms with van der Waals surface area (Å²) in [7, 11) is 0. The number of nitrogens with zero attached hydrogens (tertiary/aromatic N) is 1. The van der Waals surface area contributed by atoms with Crippen molar-refractivity contribution in [1.29, 1.82) is 0 Å². The van der Waals surface area contributed by atoms with E-state index in [0.29, 0.717) is 5.75 Å². The molecule has 4 heteroatoms. The van der Waals surface area contributed by atoms with Gasteiger partial charge in [0.2, 0.25) is 5.91 Å². The van der Waals surface area contributed by atoms with Gasteiger partial charge in [0.15, 0.2) is 0 Å². The van der Waals surface area contributed by atoms with Crippen LogP contribution in [0.1, 0.15) is 34.6 Å². The van der Waals surface area contributed by atoms with E-state index >= 15 is 0 Å². The van der Waals surface area contributed by atoms with Gasteiger partial charge in [0.1, 0.15) is 0 Å². The molecule has 0 aliphatic heterocycles. The Hall–Kier alpha value is -0.220. The Kier molecular flexibility index (Phi) is 7.02. The third-order valence-corrected chi connectivity index (χ3v) is 3.28. The van der Waals surface area contributed by atoms with Gasteiger partial charge in [-0.3, -0.25) is 4.79 Å². The monoisotopic (exact) mass is 233 g/mol. The number of aliphatic hydroxyl groups excluding tert-OH is 1. The molecule has 0 rings (SSSR count). The standard InChI is InChI=1S/C11H23NO2S/c1-8(2)12(9(3)4)11(14)7-15-10(5)6-13/h8-10,13H,6-7H2,1-5H3. The van der Waals surface area contributed by atoms with E-state index < -0.39 is 0 Å². The van der Waals surface area contributed by atoms with Crippen molar-refractivity contribution in [3.63, 3.8) is 0 Å². The molecule has 1 unspecified atom stereocenters. The van der Waals surface area contributed by atoms with Crippen LogP contribution in [-0.2, 0) is 4.79 Å². The van der Waals surface area contributed by atoms with E-state index in [9.17, 15) is 4.79 Å². The smallest absolute Gasteiger partial charge is 0.233 e. The summed E-state index contributed by atoms with van der Waals surface area (Å²) in [6.45, 7) is 10.2. The molecule has 1 N–H and O–H groups in total. The molecule has 0 aliphatic rings. The number of aliphatic hydroxyl groups is 1. The lowest BCUT2D eigenvalue weighted by Gasteiger charge is -2.31. The molecule has 0 saturated carbocycles. The molecule has 3 nitrogen and oxygen atoms in total. The van der Waals surface area contributed by atoms with Crippen LogP contribution < -0.4 is 0 Å². The maximum atomic E-state index is 11.9. The topological polar surface area (TPSA) is 40.5 Å². The van der Waals surface area contributed by atoms with Crippen LogP contribution >= 0.6 is 11.8 Å². The first kappa shape index (κ1) is 14.8. The normalized spacial score (nSPS) is 13.3. The Morgan fingerprint density at radius 3 is 2.00 bits per heavy atom. The second kappa shape index (κ2) is 7.12. The number of hydrogen-bond donors (Lipinski definition) is 1. The van der Waals surface area contributed by atoms with Crippen LogP contribution in [0.25, 0.3) is 0 Å². The van der Waals surface area contributed by atoms with Gasteiger partial charge in [-0.05, 0) is 27.7 Å². The molecule has 1 amide bonds. The first-order valence-corrected chi connectivity index (χ1v) is 6.48. The van der Waals surface area contributed by atoms with Crippen molar-refractivity contribution < 1.29 is 9.90 Å². The fraction of sp³-hybridized carbons (Fsp3) is 0.909. The average molecular weight is 233 g/mol. The van der Waals surface area contributed by atoms with Crippen molar-refractivity contribution in [2.24, 2.45) is 0 Å². The molecule has 0 saturated heterocycles. The molecule has 90 valence electrons. The summed E-state index contributed by atoms with van der Waals surface area (Å²) in [6, 6.07) is 0.477. The molecule has 0 aromatic carbocycles. The molecular weight excluding hydrogens is 210 g/mol. The van der Waals surface area contributed by atoms with Gasteiger partial charge < -0.3 is 10.0 Å². The molecule has 0 aliphatic carbocycles. The Morgan fingerprint density at radius 1 is 1.20 bits per heavy atom. The zero-order valence-corrected chi connectivity index (χ0v) is 11.2. The van der Waals surface area contributed by atoms with Crippen molar-refractivity contribution in [2.45, 2.75) is 52.0 Å². The van der Waals surface area contributed by atoms with Gasteiger partial charge in [-0.1, -0.05) is 6.92 Å². The minimum Gasteiger partial charge on any atom is -0.395 e. The van der Waals surface area contributed by atoms with Crippen molar-refractivity contribution in [3.8, 4) is 0 Å². The van der Waals surface area contributed by atoms with Gasteiger partial charge in [-0.25, -0.2) is 0 Å². The Labute approximate surface area is 97.2 Å². The molecule has 0 bridgehead atoms. The van der Waals surface area contributed by atoms with E-state index in [1.54, 1.807) is 0 Å². The van der Waals surface area contributed by atoms with E-state index in [4.69, 9.17) is 5.11 Å². The number of amides is 1. The van der Waals surface area contributed by atoms with Crippen LogP contribution in [0.2, 0.25) is 0 Å².